The SMILES string of the molecule is O=CC1CCCCN1c1ccc(C(F)(F)F)cc1. The van der Waals surface area contributed by atoms with Crippen LogP contribution in [0, 0.1) is 0 Å². The van der Waals surface area contributed by atoms with Crippen molar-refractivity contribution < 1.29 is 18.0 Å². The van der Waals surface area contributed by atoms with E-state index in [1.165, 1.54) is 12.1 Å². The molecule has 2 nitrogen and oxygen atoms in total. The van der Waals surface area contributed by atoms with Crippen LogP contribution in [0.25, 0.3) is 0 Å². The number of carbonyl (C=O) groups is 1. The van der Waals surface area contributed by atoms with E-state index < -0.39 is 11.7 Å². The lowest BCUT2D eigenvalue weighted by molar-refractivity contribution is -0.137. The third-order valence-corrected chi connectivity index (χ3v) is 3.23. The maximum Gasteiger partial charge on any atom is 0.416 e. The third kappa shape index (κ3) is 2.66. The van der Waals surface area contributed by atoms with Crippen molar-refractivity contribution in [1.29, 1.82) is 0 Å². The Hall–Kier alpha value is -1.52. The summed E-state index contributed by atoms with van der Waals surface area (Å²) in [5, 5.41) is 0. The lowest BCUT2D eigenvalue weighted by atomic mass is 10.0. The molecule has 1 aliphatic heterocycles. The first-order valence-corrected chi connectivity index (χ1v) is 5.91. The topological polar surface area (TPSA) is 20.3 Å². The van der Waals surface area contributed by atoms with Gasteiger partial charge in [0.1, 0.15) is 6.29 Å². The zero-order chi connectivity index (χ0) is 13.2. The number of halogens is 3. The first kappa shape index (κ1) is 12.9. The molecule has 1 fully saturated rings. The lowest BCUT2D eigenvalue weighted by Gasteiger charge is -2.34. The molecule has 0 N–H and O–H groups in total. The highest BCUT2D eigenvalue weighted by Gasteiger charge is 2.30. The molecule has 2 rings (SSSR count). The van der Waals surface area contributed by atoms with Crippen molar-refractivity contribution in [3.8, 4) is 0 Å². The number of carbonyl (C=O) groups excluding carboxylic acids is 1. The van der Waals surface area contributed by atoms with Crippen LogP contribution in [0.1, 0.15) is 24.8 Å². The summed E-state index contributed by atoms with van der Waals surface area (Å²) in [6, 6.07) is 4.78. The summed E-state index contributed by atoms with van der Waals surface area (Å²) in [4.78, 5) is 12.8. The molecule has 98 valence electrons. The van der Waals surface area contributed by atoms with E-state index in [1.807, 2.05) is 4.90 Å². The van der Waals surface area contributed by atoms with Gasteiger partial charge >= 0.3 is 6.18 Å². The van der Waals surface area contributed by atoms with E-state index in [1.54, 1.807) is 0 Å². The highest BCUT2D eigenvalue weighted by Crippen LogP contribution is 2.31. The molecule has 1 unspecified atom stereocenters. The van der Waals surface area contributed by atoms with Gasteiger partial charge in [0.25, 0.3) is 0 Å². The summed E-state index contributed by atoms with van der Waals surface area (Å²) < 4.78 is 37.3. The molecule has 1 saturated heterocycles. The monoisotopic (exact) mass is 257 g/mol. The van der Waals surface area contributed by atoms with E-state index in [4.69, 9.17) is 0 Å². The van der Waals surface area contributed by atoms with Crippen LogP contribution in [-0.2, 0) is 11.0 Å². The molecule has 1 aromatic rings. The number of rotatable bonds is 2. The fourth-order valence-corrected chi connectivity index (χ4v) is 2.26. The van der Waals surface area contributed by atoms with Gasteiger partial charge in [-0.2, -0.15) is 13.2 Å². The summed E-state index contributed by atoms with van der Waals surface area (Å²) in [7, 11) is 0. The molecule has 0 spiro atoms. The standard InChI is InChI=1S/C13H14F3NO/c14-13(15,16)10-4-6-11(7-5-10)17-8-2-1-3-12(17)9-18/h4-7,9,12H,1-3,8H2. The van der Waals surface area contributed by atoms with E-state index in [0.717, 1.165) is 44.2 Å². The predicted octanol–water partition coefficient (Wildman–Crippen LogP) is 3.26. The quantitative estimate of drug-likeness (QED) is 0.758. The van der Waals surface area contributed by atoms with Crippen LogP contribution < -0.4 is 4.90 Å². The van der Waals surface area contributed by atoms with E-state index in [2.05, 4.69) is 0 Å². The van der Waals surface area contributed by atoms with Gasteiger partial charge < -0.3 is 9.69 Å². The van der Waals surface area contributed by atoms with Crippen molar-refractivity contribution in [2.24, 2.45) is 0 Å². The van der Waals surface area contributed by atoms with Gasteiger partial charge in [-0.05, 0) is 43.5 Å². The van der Waals surface area contributed by atoms with Gasteiger partial charge in [-0.15, -0.1) is 0 Å². The van der Waals surface area contributed by atoms with Crippen molar-refractivity contribution in [1.82, 2.24) is 0 Å². The molecule has 18 heavy (non-hydrogen) atoms. The van der Waals surface area contributed by atoms with Crippen LogP contribution in [0.15, 0.2) is 24.3 Å². The highest BCUT2D eigenvalue weighted by molar-refractivity contribution is 5.66. The number of anilines is 1. The van der Waals surface area contributed by atoms with Crippen molar-refractivity contribution >= 4 is 12.0 Å². The minimum absolute atomic E-state index is 0.213. The Bertz CT molecular complexity index is 413. The molecule has 0 radical (unpaired) electrons. The van der Waals surface area contributed by atoms with Gasteiger partial charge in [0.05, 0.1) is 11.6 Å². The van der Waals surface area contributed by atoms with Crippen LogP contribution in [0.5, 0.6) is 0 Å². The predicted molar refractivity (Wildman–Crippen MR) is 62.5 cm³/mol. The average Bonchev–Trinajstić information content (AvgIpc) is 2.38. The van der Waals surface area contributed by atoms with Gasteiger partial charge in [0, 0.05) is 12.2 Å². The minimum atomic E-state index is -4.31. The number of alkyl halides is 3. The molecule has 0 saturated carbocycles. The molecule has 0 bridgehead atoms. The number of nitrogens with zero attached hydrogens (tertiary/aromatic N) is 1. The Morgan fingerprint density at radius 2 is 1.83 bits per heavy atom. The maximum absolute atomic E-state index is 12.4. The zero-order valence-electron chi connectivity index (χ0n) is 9.78. The van der Waals surface area contributed by atoms with Gasteiger partial charge in [-0.3, -0.25) is 0 Å². The lowest BCUT2D eigenvalue weighted by Crippen LogP contribution is -2.40. The second kappa shape index (κ2) is 5.00. The summed E-state index contributed by atoms with van der Waals surface area (Å²) in [6.45, 7) is 0.717. The van der Waals surface area contributed by atoms with Crippen LogP contribution in [0.3, 0.4) is 0 Å². The smallest absolute Gasteiger partial charge is 0.362 e. The van der Waals surface area contributed by atoms with E-state index in [0.29, 0.717) is 5.69 Å². The second-order valence-corrected chi connectivity index (χ2v) is 4.44. The van der Waals surface area contributed by atoms with Gasteiger partial charge in [-0.1, -0.05) is 0 Å². The fraction of sp³-hybridized carbons (Fsp3) is 0.462. The molecule has 1 aromatic carbocycles. The van der Waals surface area contributed by atoms with E-state index in [-0.39, 0.29) is 6.04 Å². The molecule has 1 atom stereocenters. The normalized spacial score (nSPS) is 20.8. The number of hydrogen-bond acceptors (Lipinski definition) is 2. The van der Waals surface area contributed by atoms with Crippen molar-refractivity contribution in [2.45, 2.75) is 31.5 Å². The molecule has 0 amide bonds. The van der Waals surface area contributed by atoms with Crippen LogP contribution in [0.2, 0.25) is 0 Å². The summed E-state index contributed by atoms with van der Waals surface area (Å²) in [5.74, 6) is 0. The summed E-state index contributed by atoms with van der Waals surface area (Å²) >= 11 is 0. The van der Waals surface area contributed by atoms with Crippen molar-refractivity contribution in [2.75, 3.05) is 11.4 Å². The first-order valence-electron chi connectivity index (χ1n) is 5.91. The van der Waals surface area contributed by atoms with Crippen LogP contribution in [0.4, 0.5) is 18.9 Å². The number of aldehydes is 1. The molecule has 1 aliphatic rings. The van der Waals surface area contributed by atoms with Gasteiger partial charge in [0.2, 0.25) is 0 Å². The molecule has 0 aliphatic carbocycles. The van der Waals surface area contributed by atoms with E-state index in [9.17, 15) is 18.0 Å². The third-order valence-electron chi connectivity index (χ3n) is 3.23. The van der Waals surface area contributed by atoms with Gasteiger partial charge in [-0.25, -0.2) is 0 Å². The Kier molecular flexibility index (Phi) is 3.59. The maximum atomic E-state index is 12.4. The molecule has 1 heterocycles. The summed E-state index contributed by atoms with van der Waals surface area (Å²) in [5.41, 5.74) is 0.0192. The Balaban J connectivity index is 2.20. The minimum Gasteiger partial charge on any atom is -0.362 e. The summed E-state index contributed by atoms with van der Waals surface area (Å²) in [6.07, 6.45) is -0.724. The fourth-order valence-electron chi connectivity index (χ4n) is 2.26. The Morgan fingerprint density at radius 3 is 2.39 bits per heavy atom. The van der Waals surface area contributed by atoms with Crippen molar-refractivity contribution in [3.63, 3.8) is 0 Å². The highest BCUT2D eigenvalue weighted by atomic mass is 19.4. The number of piperidine rings is 1. The number of benzene rings is 1. The zero-order valence-corrected chi connectivity index (χ0v) is 9.78. The first-order chi connectivity index (χ1) is 8.52. The van der Waals surface area contributed by atoms with E-state index >= 15 is 0 Å². The molecular formula is C13H14F3NO. The van der Waals surface area contributed by atoms with Crippen molar-refractivity contribution in [3.05, 3.63) is 29.8 Å². The number of hydrogen-bond donors (Lipinski definition) is 0. The largest absolute Gasteiger partial charge is 0.416 e. The van der Waals surface area contributed by atoms with Crippen LogP contribution >= 0.6 is 0 Å². The Labute approximate surface area is 103 Å². The average molecular weight is 257 g/mol. The molecular weight excluding hydrogens is 243 g/mol. The van der Waals surface area contributed by atoms with Gasteiger partial charge in [0.15, 0.2) is 0 Å². The molecule has 5 heteroatoms. The molecule has 0 aromatic heterocycles. The van der Waals surface area contributed by atoms with Crippen LogP contribution in [-0.4, -0.2) is 18.9 Å². The second-order valence-electron chi connectivity index (χ2n) is 4.44. The Morgan fingerprint density at radius 1 is 1.17 bits per heavy atom.